The molecule has 0 fully saturated rings. The number of amides is 2. The summed E-state index contributed by atoms with van der Waals surface area (Å²) in [5.41, 5.74) is 2.72. The van der Waals surface area contributed by atoms with Gasteiger partial charge in [-0.05, 0) is 42.5 Å². The van der Waals surface area contributed by atoms with Crippen LogP contribution in [0.25, 0.3) is 20.8 Å². The Bertz CT molecular complexity index is 1570. The van der Waals surface area contributed by atoms with Gasteiger partial charge in [-0.1, -0.05) is 37.6 Å². The lowest BCUT2D eigenvalue weighted by molar-refractivity contribution is 0.256. The van der Waals surface area contributed by atoms with E-state index in [9.17, 15) is 9.90 Å². The van der Waals surface area contributed by atoms with Gasteiger partial charge in [0.15, 0.2) is 5.11 Å². The smallest absolute Gasteiger partial charge is 0.325 e. The van der Waals surface area contributed by atoms with Gasteiger partial charge in [0.1, 0.15) is 16.6 Å². The number of phenolic OH excluding ortho intramolecular Hbond substituents is 1. The average molecular weight is 556 g/mol. The van der Waals surface area contributed by atoms with E-state index >= 15 is 4.39 Å². The predicted molar refractivity (Wildman–Crippen MR) is 152 cm³/mol. The topological polar surface area (TPSA) is 89.5 Å². The van der Waals surface area contributed by atoms with Crippen LogP contribution in [0, 0.1) is 5.82 Å². The average Bonchev–Trinajstić information content (AvgIpc) is 3.37. The summed E-state index contributed by atoms with van der Waals surface area (Å²) in [5, 5.41) is 20.3. The molecule has 0 radical (unpaired) electrons. The maximum Gasteiger partial charge on any atom is 0.325 e. The summed E-state index contributed by atoms with van der Waals surface area (Å²) in [6.45, 7) is 4.41. The minimum absolute atomic E-state index is 0.178. The molecule has 0 atom stereocenters. The summed E-state index contributed by atoms with van der Waals surface area (Å²) < 4.78 is 16.4. The van der Waals surface area contributed by atoms with Crippen LogP contribution in [0.5, 0.6) is 5.75 Å². The second kappa shape index (κ2) is 9.44. The molecule has 0 unspecified atom stereocenters. The highest BCUT2D eigenvalue weighted by molar-refractivity contribution is 7.80. The minimum Gasteiger partial charge on any atom is -0.506 e. The van der Waals surface area contributed by atoms with E-state index in [4.69, 9.17) is 23.8 Å². The van der Waals surface area contributed by atoms with Gasteiger partial charge in [0.2, 0.25) is 0 Å². The molecule has 11 heteroatoms. The van der Waals surface area contributed by atoms with Gasteiger partial charge in [-0.2, -0.15) is 0 Å². The van der Waals surface area contributed by atoms with E-state index in [0.29, 0.717) is 50.3 Å². The molecule has 190 valence electrons. The number of aromatic hydroxyl groups is 1. The van der Waals surface area contributed by atoms with Crippen molar-refractivity contribution in [2.45, 2.75) is 19.3 Å². The normalized spacial score (nSPS) is 13.9. The highest BCUT2D eigenvalue weighted by Gasteiger charge is 2.42. The van der Waals surface area contributed by atoms with Gasteiger partial charge in [0.25, 0.3) is 0 Å². The molecule has 0 saturated heterocycles. The van der Waals surface area contributed by atoms with Crippen molar-refractivity contribution in [1.82, 2.24) is 15.6 Å². The molecule has 0 spiro atoms. The lowest BCUT2D eigenvalue weighted by atomic mass is 9.83. The van der Waals surface area contributed by atoms with Crippen LogP contribution >= 0.6 is 35.2 Å². The van der Waals surface area contributed by atoms with E-state index in [1.54, 1.807) is 31.3 Å². The number of thiazole rings is 1. The fourth-order valence-electron chi connectivity index (χ4n) is 4.67. The summed E-state index contributed by atoms with van der Waals surface area (Å²) in [4.78, 5) is 19.1. The van der Waals surface area contributed by atoms with Gasteiger partial charge < -0.3 is 20.6 Å². The molecule has 4 N–H and O–H groups in total. The molecule has 3 aromatic carbocycles. The molecule has 7 nitrogen and oxygen atoms in total. The number of phenols is 1. The second-order valence-corrected chi connectivity index (χ2v) is 11.1. The van der Waals surface area contributed by atoms with Crippen LogP contribution in [-0.2, 0) is 5.41 Å². The molecule has 1 aliphatic heterocycles. The zero-order valence-electron chi connectivity index (χ0n) is 20.1. The Kier molecular flexibility index (Phi) is 6.43. The molecule has 0 bridgehead atoms. The third-order valence-electron chi connectivity index (χ3n) is 6.19. The predicted octanol–water partition coefficient (Wildman–Crippen LogP) is 6.52. The quantitative estimate of drug-likeness (QED) is 0.215. The number of benzene rings is 3. The Balaban J connectivity index is 1.64. The molecule has 37 heavy (non-hydrogen) atoms. The molecule has 0 aliphatic carbocycles. The lowest BCUT2D eigenvalue weighted by Gasteiger charge is -2.25. The number of nitrogens with one attached hydrogen (secondary N) is 3. The Labute approximate surface area is 227 Å². The van der Waals surface area contributed by atoms with Crippen molar-refractivity contribution in [2.24, 2.45) is 0 Å². The highest BCUT2D eigenvalue weighted by atomic mass is 35.5. The minimum atomic E-state index is -0.567. The first-order chi connectivity index (χ1) is 17.6. The van der Waals surface area contributed by atoms with Gasteiger partial charge in [-0.15, -0.1) is 11.3 Å². The van der Waals surface area contributed by atoms with E-state index in [0.717, 1.165) is 10.8 Å². The van der Waals surface area contributed by atoms with E-state index in [-0.39, 0.29) is 10.9 Å². The van der Waals surface area contributed by atoms with Crippen molar-refractivity contribution >= 4 is 73.6 Å². The molecule has 5 rings (SSSR count). The first-order valence-corrected chi connectivity index (χ1v) is 13.0. The molecular formula is C26H23ClFN5O2S2. The van der Waals surface area contributed by atoms with E-state index in [1.165, 1.54) is 11.3 Å². The van der Waals surface area contributed by atoms with E-state index in [1.807, 2.05) is 36.9 Å². The molecule has 2 heterocycles. The van der Waals surface area contributed by atoms with Crippen LogP contribution in [0.3, 0.4) is 0 Å². The van der Waals surface area contributed by atoms with Gasteiger partial charge >= 0.3 is 6.03 Å². The first kappa shape index (κ1) is 25.2. The Morgan fingerprint density at radius 3 is 2.76 bits per heavy atom. The van der Waals surface area contributed by atoms with Gasteiger partial charge in [0, 0.05) is 35.7 Å². The molecule has 4 aromatic rings. The number of aromatic nitrogens is 1. The zero-order chi connectivity index (χ0) is 26.5. The highest BCUT2D eigenvalue weighted by Crippen LogP contribution is 2.55. The maximum atomic E-state index is 15.6. The fourth-order valence-corrected chi connectivity index (χ4v) is 5.93. The summed E-state index contributed by atoms with van der Waals surface area (Å²) in [6.07, 6.45) is 0. The number of carbonyl (C=O) groups excluding carboxylic acids is 1. The number of halogens is 2. The third-order valence-corrected chi connectivity index (χ3v) is 7.79. The first-order valence-electron chi connectivity index (χ1n) is 11.4. The van der Waals surface area contributed by atoms with E-state index in [2.05, 4.69) is 20.9 Å². The Morgan fingerprint density at radius 2 is 2.00 bits per heavy atom. The zero-order valence-corrected chi connectivity index (χ0v) is 22.5. The number of hydrogen-bond donors (Lipinski definition) is 4. The number of urea groups is 1. The van der Waals surface area contributed by atoms with Gasteiger partial charge in [-0.3, -0.25) is 5.32 Å². The van der Waals surface area contributed by atoms with Crippen molar-refractivity contribution in [3.05, 3.63) is 64.9 Å². The molecule has 1 aliphatic rings. The Morgan fingerprint density at radius 1 is 1.24 bits per heavy atom. The van der Waals surface area contributed by atoms with E-state index < -0.39 is 17.3 Å². The van der Waals surface area contributed by atoms with Crippen molar-refractivity contribution < 1.29 is 14.3 Å². The largest absolute Gasteiger partial charge is 0.506 e. The molecular weight excluding hydrogens is 533 g/mol. The van der Waals surface area contributed by atoms with Crippen molar-refractivity contribution in [3.63, 3.8) is 0 Å². The SMILES string of the molecule is CNC(=S)NC(=O)Nc1ccccc1N1CC(C)(C)c2c(-c3nc4cc(Cl)ccc4s3)c(F)cc(O)c21. The lowest BCUT2D eigenvalue weighted by Crippen LogP contribution is -2.40. The van der Waals surface area contributed by atoms with Crippen LogP contribution < -0.4 is 20.9 Å². The third kappa shape index (κ3) is 4.56. The van der Waals surface area contributed by atoms with Crippen LogP contribution in [0.2, 0.25) is 5.02 Å². The van der Waals surface area contributed by atoms with Crippen LogP contribution in [0.4, 0.5) is 26.2 Å². The van der Waals surface area contributed by atoms with Crippen LogP contribution in [0.1, 0.15) is 19.4 Å². The number of carbonyl (C=O) groups is 1. The Hall–Kier alpha value is -3.47. The molecule has 0 saturated carbocycles. The number of nitrogens with zero attached hydrogens (tertiary/aromatic N) is 2. The standard InChI is InChI=1S/C26H23ClFN5O2S2/c1-26(2)12-33(17-7-5-4-6-15(17)31-24(35)32-25(36)29-3)22-18(34)11-14(28)20(21(22)26)23-30-16-10-13(27)8-9-19(16)37-23/h4-11,34H,12H2,1-3H3,(H3,29,31,32,35,36). The number of thiocarbonyl (C=S) groups is 1. The molecule has 2 amide bonds. The van der Waals surface area contributed by atoms with Crippen molar-refractivity contribution in [2.75, 3.05) is 23.8 Å². The van der Waals surface area contributed by atoms with Gasteiger partial charge in [-0.25, -0.2) is 14.2 Å². The number of hydrogen-bond acceptors (Lipinski definition) is 6. The number of anilines is 3. The molecule has 1 aromatic heterocycles. The second-order valence-electron chi connectivity index (χ2n) is 9.25. The van der Waals surface area contributed by atoms with Crippen molar-refractivity contribution in [3.8, 4) is 16.3 Å². The summed E-state index contributed by atoms with van der Waals surface area (Å²) >= 11 is 12.5. The van der Waals surface area contributed by atoms with Crippen molar-refractivity contribution in [1.29, 1.82) is 0 Å². The van der Waals surface area contributed by atoms with Crippen LogP contribution in [-0.4, -0.2) is 34.8 Å². The fraction of sp³-hybridized carbons (Fsp3) is 0.192. The summed E-state index contributed by atoms with van der Waals surface area (Å²) in [5.74, 6) is -0.746. The monoisotopic (exact) mass is 555 g/mol. The van der Waals surface area contributed by atoms with Gasteiger partial charge in [0.05, 0.1) is 32.8 Å². The number of para-hydroxylation sites is 2. The number of rotatable bonds is 3. The van der Waals surface area contributed by atoms with Crippen LogP contribution in [0.15, 0.2) is 48.5 Å². The maximum absolute atomic E-state index is 15.6. The number of fused-ring (bicyclic) bond motifs is 2. The summed E-state index contributed by atoms with van der Waals surface area (Å²) in [7, 11) is 1.61. The summed E-state index contributed by atoms with van der Waals surface area (Å²) in [6, 6.07) is 13.2.